The van der Waals surface area contributed by atoms with Crippen molar-refractivity contribution in [2.24, 2.45) is 5.10 Å². The molecule has 5 rings (SSSR count). The van der Waals surface area contributed by atoms with Crippen LogP contribution in [0.4, 0.5) is 0 Å². The highest BCUT2D eigenvalue weighted by Gasteiger charge is 2.24. The molecule has 0 unspecified atom stereocenters. The molecule has 5 nitrogen and oxygen atoms in total. The van der Waals surface area contributed by atoms with Gasteiger partial charge in [0.1, 0.15) is 0 Å². The van der Waals surface area contributed by atoms with E-state index in [9.17, 15) is 0 Å². The van der Waals surface area contributed by atoms with Crippen molar-refractivity contribution >= 4 is 23.0 Å². The molecule has 0 amide bonds. The third kappa shape index (κ3) is 2.97. The van der Waals surface area contributed by atoms with Gasteiger partial charge in [-0.2, -0.15) is 5.10 Å². The van der Waals surface area contributed by atoms with Gasteiger partial charge in [-0.3, -0.25) is 5.43 Å². The van der Waals surface area contributed by atoms with Crippen LogP contribution in [0.15, 0.2) is 71.8 Å². The fourth-order valence-electron chi connectivity index (χ4n) is 3.49. The summed E-state index contributed by atoms with van der Waals surface area (Å²) in [6.07, 6.45) is 0. The topological polar surface area (TPSA) is 54.9 Å². The zero-order valence-corrected chi connectivity index (χ0v) is 15.8. The SMILES string of the molecule is S=C(NCc1ccc2c(c1)OCO2)NN=C1c2ccccc2-c2ccccc21. The lowest BCUT2D eigenvalue weighted by atomic mass is 10.1. The van der Waals surface area contributed by atoms with Crippen molar-refractivity contribution < 1.29 is 9.47 Å². The summed E-state index contributed by atoms with van der Waals surface area (Å²) in [4.78, 5) is 0. The highest BCUT2D eigenvalue weighted by molar-refractivity contribution is 7.80. The monoisotopic (exact) mass is 387 g/mol. The predicted octanol–water partition coefficient (Wildman–Crippen LogP) is 3.81. The quantitative estimate of drug-likeness (QED) is 0.414. The van der Waals surface area contributed by atoms with Crippen LogP contribution >= 0.6 is 12.2 Å². The molecule has 0 atom stereocenters. The first-order valence-electron chi connectivity index (χ1n) is 8.99. The van der Waals surface area contributed by atoms with E-state index in [0.717, 1.165) is 33.9 Å². The van der Waals surface area contributed by atoms with E-state index >= 15 is 0 Å². The number of nitrogens with one attached hydrogen (secondary N) is 2. The summed E-state index contributed by atoms with van der Waals surface area (Å²) >= 11 is 5.40. The Morgan fingerprint density at radius 3 is 2.21 bits per heavy atom. The number of nitrogens with zero attached hydrogens (tertiary/aromatic N) is 1. The second-order valence-corrected chi connectivity index (χ2v) is 6.94. The van der Waals surface area contributed by atoms with Gasteiger partial charge in [-0.25, -0.2) is 0 Å². The lowest BCUT2D eigenvalue weighted by Crippen LogP contribution is -2.32. The van der Waals surface area contributed by atoms with Crippen molar-refractivity contribution in [3.05, 3.63) is 83.4 Å². The summed E-state index contributed by atoms with van der Waals surface area (Å²) in [5.74, 6) is 1.53. The summed E-state index contributed by atoms with van der Waals surface area (Å²) in [6.45, 7) is 0.840. The van der Waals surface area contributed by atoms with E-state index in [1.807, 2.05) is 42.5 Å². The minimum atomic E-state index is 0.270. The Bertz CT molecular complexity index is 1060. The minimum Gasteiger partial charge on any atom is -0.454 e. The smallest absolute Gasteiger partial charge is 0.231 e. The maximum absolute atomic E-state index is 5.41. The number of benzene rings is 3. The molecule has 1 aliphatic carbocycles. The third-order valence-electron chi connectivity index (χ3n) is 4.81. The Labute approximate surface area is 168 Å². The average Bonchev–Trinajstić information content (AvgIpc) is 3.33. The lowest BCUT2D eigenvalue weighted by Gasteiger charge is -2.09. The Kier molecular flexibility index (Phi) is 4.18. The summed E-state index contributed by atoms with van der Waals surface area (Å²) < 4.78 is 10.7. The fourth-order valence-corrected chi connectivity index (χ4v) is 3.61. The summed E-state index contributed by atoms with van der Waals surface area (Å²) in [7, 11) is 0. The highest BCUT2D eigenvalue weighted by Crippen LogP contribution is 2.36. The Hall–Kier alpha value is -3.38. The molecular formula is C22H17N3O2S. The van der Waals surface area contributed by atoms with E-state index in [4.69, 9.17) is 21.7 Å². The molecule has 3 aromatic rings. The number of fused-ring (bicyclic) bond motifs is 4. The average molecular weight is 387 g/mol. The normalized spacial score (nSPS) is 12.9. The Balaban J connectivity index is 1.30. The van der Waals surface area contributed by atoms with E-state index in [0.29, 0.717) is 11.7 Å². The van der Waals surface area contributed by atoms with Crippen LogP contribution < -0.4 is 20.2 Å². The molecule has 0 bridgehead atoms. The van der Waals surface area contributed by atoms with Gasteiger partial charge in [0.15, 0.2) is 16.6 Å². The number of rotatable bonds is 3. The molecule has 3 aromatic carbocycles. The molecular weight excluding hydrogens is 370 g/mol. The minimum absolute atomic E-state index is 0.270. The second-order valence-electron chi connectivity index (χ2n) is 6.53. The summed E-state index contributed by atoms with van der Waals surface area (Å²) in [5, 5.41) is 8.24. The van der Waals surface area contributed by atoms with Gasteiger partial charge in [0.05, 0.1) is 5.71 Å². The van der Waals surface area contributed by atoms with E-state index in [1.54, 1.807) is 0 Å². The summed E-state index contributed by atoms with van der Waals surface area (Å²) in [6, 6.07) is 22.4. The predicted molar refractivity (Wildman–Crippen MR) is 113 cm³/mol. The molecule has 28 heavy (non-hydrogen) atoms. The molecule has 6 heteroatoms. The molecule has 0 aromatic heterocycles. The molecule has 2 aliphatic rings. The van der Waals surface area contributed by atoms with Gasteiger partial charge in [-0.1, -0.05) is 54.6 Å². The van der Waals surface area contributed by atoms with Crippen molar-refractivity contribution in [3.8, 4) is 22.6 Å². The van der Waals surface area contributed by atoms with Crippen LogP contribution in [0.1, 0.15) is 16.7 Å². The number of thiocarbonyl (C=S) groups is 1. The molecule has 2 N–H and O–H groups in total. The lowest BCUT2D eigenvalue weighted by molar-refractivity contribution is 0.174. The molecule has 0 radical (unpaired) electrons. The van der Waals surface area contributed by atoms with Crippen LogP contribution in [0.25, 0.3) is 11.1 Å². The molecule has 138 valence electrons. The van der Waals surface area contributed by atoms with Gasteiger partial charge in [-0.15, -0.1) is 0 Å². The number of hydrazone groups is 1. The van der Waals surface area contributed by atoms with Gasteiger partial charge in [0.25, 0.3) is 0 Å². The van der Waals surface area contributed by atoms with Gasteiger partial charge in [0.2, 0.25) is 6.79 Å². The third-order valence-corrected chi connectivity index (χ3v) is 5.05. The van der Waals surface area contributed by atoms with Crippen molar-refractivity contribution in [2.75, 3.05) is 6.79 Å². The molecule has 0 saturated heterocycles. The maximum atomic E-state index is 5.41. The maximum Gasteiger partial charge on any atom is 0.231 e. The number of ether oxygens (including phenoxy) is 2. The first-order chi connectivity index (χ1) is 13.8. The fraction of sp³-hybridized carbons (Fsp3) is 0.0909. The van der Waals surface area contributed by atoms with Gasteiger partial charge < -0.3 is 14.8 Å². The van der Waals surface area contributed by atoms with Crippen LogP contribution in [0.5, 0.6) is 11.5 Å². The number of hydrogen-bond donors (Lipinski definition) is 2. The Morgan fingerprint density at radius 2 is 1.50 bits per heavy atom. The van der Waals surface area contributed by atoms with Crippen LogP contribution in [0.3, 0.4) is 0 Å². The summed E-state index contributed by atoms with van der Waals surface area (Å²) in [5.41, 5.74) is 9.53. The molecule has 0 spiro atoms. The zero-order chi connectivity index (χ0) is 18.9. The van der Waals surface area contributed by atoms with Crippen LogP contribution in [-0.4, -0.2) is 17.6 Å². The van der Waals surface area contributed by atoms with E-state index in [-0.39, 0.29) is 6.79 Å². The van der Waals surface area contributed by atoms with Crippen molar-refractivity contribution in [1.29, 1.82) is 0 Å². The molecule has 1 aliphatic heterocycles. The Morgan fingerprint density at radius 1 is 0.857 bits per heavy atom. The van der Waals surface area contributed by atoms with Gasteiger partial charge >= 0.3 is 0 Å². The standard InChI is InChI=1S/C22H17N3O2S/c28-22(23-12-14-9-10-19-20(11-14)27-13-26-19)25-24-21-17-7-3-1-5-15(17)16-6-2-4-8-18(16)21/h1-11H,12-13H2,(H2,23,25,28). The van der Waals surface area contributed by atoms with Crippen molar-refractivity contribution in [2.45, 2.75) is 6.54 Å². The van der Waals surface area contributed by atoms with Gasteiger partial charge in [-0.05, 0) is 41.0 Å². The van der Waals surface area contributed by atoms with E-state index < -0.39 is 0 Å². The first-order valence-corrected chi connectivity index (χ1v) is 9.40. The van der Waals surface area contributed by atoms with Crippen LogP contribution in [0.2, 0.25) is 0 Å². The van der Waals surface area contributed by atoms with Crippen LogP contribution in [0, 0.1) is 0 Å². The number of hydrogen-bond acceptors (Lipinski definition) is 4. The van der Waals surface area contributed by atoms with Crippen molar-refractivity contribution in [3.63, 3.8) is 0 Å². The van der Waals surface area contributed by atoms with E-state index in [2.05, 4.69) is 40.1 Å². The first kappa shape index (κ1) is 16.8. The van der Waals surface area contributed by atoms with Gasteiger partial charge in [0, 0.05) is 17.7 Å². The largest absolute Gasteiger partial charge is 0.454 e. The second kappa shape index (κ2) is 6.98. The highest BCUT2D eigenvalue weighted by atomic mass is 32.1. The van der Waals surface area contributed by atoms with Crippen molar-refractivity contribution in [1.82, 2.24) is 10.7 Å². The molecule has 0 saturated carbocycles. The molecule has 0 fully saturated rings. The zero-order valence-electron chi connectivity index (χ0n) is 14.9. The molecule has 1 heterocycles. The van der Waals surface area contributed by atoms with E-state index in [1.165, 1.54) is 11.1 Å². The van der Waals surface area contributed by atoms with Crippen LogP contribution in [-0.2, 0) is 6.54 Å².